The van der Waals surface area contributed by atoms with E-state index in [4.69, 9.17) is 13.9 Å². The summed E-state index contributed by atoms with van der Waals surface area (Å²) in [6.45, 7) is 15.3. The van der Waals surface area contributed by atoms with Gasteiger partial charge in [-0.15, -0.1) is 0 Å². The Labute approximate surface area is 216 Å². The highest BCUT2D eigenvalue weighted by atomic mass is 28.4. The van der Waals surface area contributed by atoms with Crippen molar-refractivity contribution in [2.24, 2.45) is 29.6 Å². The van der Waals surface area contributed by atoms with E-state index < -0.39 is 14.1 Å². The Morgan fingerprint density at radius 3 is 2.23 bits per heavy atom. The number of ether oxygens (including phenoxy) is 2. The summed E-state index contributed by atoms with van der Waals surface area (Å²) in [7, 11) is -1.96. The van der Waals surface area contributed by atoms with Gasteiger partial charge in [0.25, 0.3) is 0 Å². The highest BCUT2D eigenvalue weighted by molar-refractivity contribution is 6.74. The van der Waals surface area contributed by atoms with E-state index in [9.17, 15) is 5.11 Å². The fourth-order valence-corrected chi connectivity index (χ4v) is 8.37. The molecule has 4 nitrogen and oxygen atoms in total. The minimum Gasteiger partial charge on any atom is -0.403 e. The van der Waals surface area contributed by atoms with Crippen LogP contribution in [0.1, 0.15) is 98.3 Å². The highest BCUT2D eigenvalue weighted by Gasteiger charge is 2.68. The average molecular weight is 505 g/mol. The summed E-state index contributed by atoms with van der Waals surface area (Å²) in [5.74, 6) is 8.59. The van der Waals surface area contributed by atoms with Gasteiger partial charge < -0.3 is 19.0 Å². The molecule has 35 heavy (non-hydrogen) atoms. The Kier molecular flexibility index (Phi) is 8.81. The number of aliphatic hydroxyl groups is 1. The predicted octanol–water partition coefficient (Wildman–Crippen LogP) is 6.92. The van der Waals surface area contributed by atoms with E-state index in [1.54, 1.807) is 0 Å². The first-order chi connectivity index (χ1) is 16.6. The Bertz CT molecular complexity index is 749. The lowest BCUT2D eigenvalue weighted by Crippen LogP contribution is -2.67. The molecule has 1 heterocycles. The first-order valence-corrected chi connectivity index (χ1v) is 17.7. The van der Waals surface area contributed by atoms with E-state index in [1.165, 1.54) is 44.9 Å². The van der Waals surface area contributed by atoms with Crippen LogP contribution in [0.2, 0.25) is 18.1 Å². The topological polar surface area (TPSA) is 47.9 Å². The average Bonchev–Trinajstić information content (AvgIpc) is 3.27. The van der Waals surface area contributed by atoms with Gasteiger partial charge in [0.05, 0.1) is 25.2 Å². The highest BCUT2D eigenvalue weighted by Crippen LogP contribution is 2.62. The molecule has 0 radical (unpaired) electrons. The molecule has 1 N–H and O–H groups in total. The molecular weight excluding hydrogens is 452 g/mol. The molecule has 200 valence electrons. The van der Waals surface area contributed by atoms with Crippen LogP contribution in [0.5, 0.6) is 0 Å². The molecule has 3 aliphatic carbocycles. The zero-order chi connectivity index (χ0) is 25.3. The molecule has 0 aromatic heterocycles. The summed E-state index contributed by atoms with van der Waals surface area (Å²) in [5.41, 5.74) is 0. The number of fused-ring (bicyclic) bond motifs is 2. The molecule has 4 fully saturated rings. The first kappa shape index (κ1) is 27.6. The van der Waals surface area contributed by atoms with E-state index >= 15 is 0 Å². The first-order valence-electron chi connectivity index (χ1n) is 14.8. The number of rotatable bonds is 5. The zero-order valence-electron chi connectivity index (χ0n) is 23.4. The molecule has 4 rings (SSSR count). The summed E-state index contributed by atoms with van der Waals surface area (Å²) < 4.78 is 19.6. The SMILES string of the molecule is CCCC1[C@H]2[C@H](C#C[C@@H](O[Si](C)(C)C(C)(C)C)C3CCCCCCC3)[C@@H](O)CC[C@H]2C12OCCO2. The van der Waals surface area contributed by atoms with Crippen molar-refractivity contribution in [2.75, 3.05) is 13.2 Å². The molecule has 1 spiro atoms. The molecular formula is C30H52O4Si. The summed E-state index contributed by atoms with van der Waals surface area (Å²) >= 11 is 0. The van der Waals surface area contributed by atoms with Gasteiger partial charge in [-0.1, -0.05) is 78.1 Å². The van der Waals surface area contributed by atoms with Gasteiger partial charge in [0.15, 0.2) is 14.1 Å². The quantitative estimate of drug-likeness (QED) is 0.326. The predicted molar refractivity (Wildman–Crippen MR) is 144 cm³/mol. The molecule has 0 aromatic carbocycles. The lowest BCUT2D eigenvalue weighted by atomic mass is 9.49. The Morgan fingerprint density at radius 1 is 1.00 bits per heavy atom. The van der Waals surface area contributed by atoms with Crippen LogP contribution < -0.4 is 0 Å². The monoisotopic (exact) mass is 504 g/mol. The lowest BCUT2D eigenvalue weighted by molar-refractivity contribution is -0.340. The Morgan fingerprint density at radius 2 is 1.63 bits per heavy atom. The van der Waals surface area contributed by atoms with Gasteiger partial charge >= 0.3 is 0 Å². The van der Waals surface area contributed by atoms with Crippen LogP contribution >= 0.6 is 0 Å². The Hall–Kier alpha value is -0.383. The third-order valence-corrected chi connectivity index (χ3v) is 14.6. The molecule has 1 aliphatic heterocycles. The van der Waals surface area contributed by atoms with E-state index in [2.05, 4.69) is 52.6 Å². The van der Waals surface area contributed by atoms with Crippen LogP contribution in [0.3, 0.4) is 0 Å². The minimum atomic E-state index is -1.96. The number of hydrogen-bond donors (Lipinski definition) is 1. The largest absolute Gasteiger partial charge is 0.403 e. The van der Waals surface area contributed by atoms with Crippen molar-refractivity contribution in [1.29, 1.82) is 0 Å². The van der Waals surface area contributed by atoms with Crippen molar-refractivity contribution in [2.45, 2.75) is 134 Å². The van der Waals surface area contributed by atoms with Gasteiger partial charge in [-0.2, -0.15) is 0 Å². The molecule has 0 aromatic rings. The maximum absolute atomic E-state index is 11.2. The van der Waals surface area contributed by atoms with Crippen LogP contribution in [-0.4, -0.2) is 44.6 Å². The molecule has 4 aliphatic rings. The van der Waals surface area contributed by atoms with Gasteiger partial charge in [0.1, 0.15) is 6.10 Å². The van der Waals surface area contributed by atoms with Crippen molar-refractivity contribution in [3.8, 4) is 11.8 Å². The van der Waals surface area contributed by atoms with E-state index in [-0.39, 0.29) is 23.2 Å². The maximum Gasteiger partial charge on any atom is 0.193 e. The number of hydrogen-bond acceptors (Lipinski definition) is 4. The second kappa shape index (κ2) is 11.2. The van der Waals surface area contributed by atoms with Crippen molar-refractivity contribution in [3.05, 3.63) is 0 Å². The Balaban J connectivity index is 1.60. The van der Waals surface area contributed by atoms with E-state index in [0.29, 0.717) is 36.9 Å². The van der Waals surface area contributed by atoms with Crippen molar-refractivity contribution >= 4 is 8.32 Å². The standard InChI is InChI=1S/C30H52O4Si/c1-7-13-24-28-23(26(31)18-17-25(28)30(24)32-20-21-33-30)16-19-27(34-35(5,6)29(2,3)4)22-14-11-9-8-10-12-15-22/h22-28,31H,7-15,17-18,20-21H2,1-6H3/t23-,24?,25-,26+,27-,28-/m1/s1. The molecule has 5 heteroatoms. The third-order valence-electron chi connectivity index (χ3n) is 10.1. The smallest absolute Gasteiger partial charge is 0.193 e. The molecule has 0 bridgehead atoms. The van der Waals surface area contributed by atoms with Crippen molar-refractivity contribution in [3.63, 3.8) is 0 Å². The fourth-order valence-electron chi connectivity index (χ4n) is 7.13. The van der Waals surface area contributed by atoms with E-state index in [1.807, 2.05) is 0 Å². The minimum absolute atomic E-state index is 0.00259. The molecule has 6 atom stereocenters. The normalized spacial score (nSPS) is 34.8. The summed E-state index contributed by atoms with van der Waals surface area (Å²) in [6.07, 6.45) is 12.7. The van der Waals surface area contributed by atoms with Crippen molar-refractivity contribution < 1.29 is 19.0 Å². The van der Waals surface area contributed by atoms with E-state index in [0.717, 1.165) is 25.7 Å². The molecule has 1 saturated heterocycles. The van der Waals surface area contributed by atoms with Crippen LogP contribution in [0.25, 0.3) is 0 Å². The molecule has 3 saturated carbocycles. The van der Waals surface area contributed by atoms with Gasteiger partial charge in [-0.3, -0.25) is 0 Å². The summed E-state index contributed by atoms with van der Waals surface area (Å²) in [5, 5.41) is 11.3. The van der Waals surface area contributed by atoms with Crippen LogP contribution in [0.4, 0.5) is 0 Å². The molecule has 0 amide bonds. The maximum atomic E-state index is 11.2. The third kappa shape index (κ3) is 5.58. The summed E-state index contributed by atoms with van der Waals surface area (Å²) in [4.78, 5) is 0. The van der Waals surface area contributed by atoms with Crippen LogP contribution in [0, 0.1) is 41.4 Å². The lowest BCUT2D eigenvalue weighted by Gasteiger charge is -2.62. The fraction of sp³-hybridized carbons (Fsp3) is 0.933. The second-order valence-corrected chi connectivity index (χ2v) is 18.1. The van der Waals surface area contributed by atoms with Crippen LogP contribution in [-0.2, 0) is 13.9 Å². The zero-order valence-corrected chi connectivity index (χ0v) is 24.4. The van der Waals surface area contributed by atoms with Gasteiger partial charge in [0, 0.05) is 11.8 Å². The van der Waals surface area contributed by atoms with Gasteiger partial charge in [-0.05, 0) is 62.1 Å². The van der Waals surface area contributed by atoms with Gasteiger partial charge in [-0.25, -0.2) is 0 Å². The van der Waals surface area contributed by atoms with Gasteiger partial charge in [0.2, 0.25) is 0 Å². The number of aliphatic hydroxyl groups excluding tert-OH is 1. The van der Waals surface area contributed by atoms with Crippen LogP contribution in [0.15, 0.2) is 0 Å². The molecule has 1 unspecified atom stereocenters. The summed E-state index contributed by atoms with van der Waals surface area (Å²) in [6, 6.07) is 0. The second-order valence-electron chi connectivity index (χ2n) is 13.4. The van der Waals surface area contributed by atoms with Crippen molar-refractivity contribution in [1.82, 2.24) is 0 Å².